The Morgan fingerprint density at radius 2 is 2.22 bits per heavy atom. The zero-order valence-electron chi connectivity index (χ0n) is 14.0. The summed E-state index contributed by atoms with van der Waals surface area (Å²) in [4.78, 5) is 12.2. The van der Waals surface area contributed by atoms with E-state index in [0.29, 0.717) is 0 Å². The van der Waals surface area contributed by atoms with Crippen molar-refractivity contribution in [1.82, 2.24) is 10.6 Å². The molecule has 1 aliphatic rings. The Labute approximate surface area is 144 Å². The maximum Gasteiger partial charge on any atom is 0.240 e. The molecule has 5 nitrogen and oxygen atoms in total. The van der Waals surface area contributed by atoms with Crippen molar-refractivity contribution in [2.24, 2.45) is 0 Å². The standard InChI is InChI=1S/C17H26N2O3.ClH/c1-12(2)22-14-7-4-6-13(10-14)15(20)11-18-16(21)17(3)8-5-9-19-17;/h4,6-7,10,12,15,19-20H,5,8-9,11H2,1-3H3,(H,18,21);1H. The van der Waals surface area contributed by atoms with Crippen molar-refractivity contribution in [3.8, 4) is 5.75 Å². The molecule has 2 unspecified atom stereocenters. The molecule has 1 aliphatic heterocycles. The normalized spacial score (nSPS) is 21.6. The Balaban J connectivity index is 0.00000264. The van der Waals surface area contributed by atoms with E-state index in [1.165, 1.54) is 0 Å². The van der Waals surface area contributed by atoms with Gasteiger partial charge in [0, 0.05) is 6.54 Å². The molecule has 6 heteroatoms. The molecule has 0 spiro atoms. The predicted molar refractivity (Wildman–Crippen MR) is 93.1 cm³/mol. The molecule has 1 aromatic rings. The molecule has 0 aliphatic carbocycles. The average Bonchev–Trinajstić information content (AvgIpc) is 2.92. The van der Waals surface area contributed by atoms with Crippen molar-refractivity contribution >= 4 is 18.3 Å². The number of ether oxygens (including phenoxy) is 1. The van der Waals surface area contributed by atoms with Crippen LogP contribution in [0.15, 0.2) is 24.3 Å². The van der Waals surface area contributed by atoms with Crippen LogP contribution in [-0.4, -0.2) is 35.7 Å². The second kappa shape index (κ2) is 8.52. The largest absolute Gasteiger partial charge is 0.491 e. The Hall–Kier alpha value is -1.30. The summed E-state index contributed by atoms with van der Waals surface area (Å²) in [6.45, 7) is 6.87. The van der Waals surface area contributed by atoms with Gasteiger partial charge in [-0.3, -0.25) is 4.79 Å². The highest BCUT2D eigenvalue weighted by molar-refractivity contribution is 5.86. The summed E-state index contributed by atoms with van der Waals surface area (Å²) in [7, 11) is 0. The van der Waals surface area contributed by atoms with Gasteiger partial charge in [-0.1, -0.05) is 12.1 Å². The highest BCUT2D eigenvalue weighted by Gasteiger charge is 2.35. The number of rotatable bonds is 6. The summed E-state index contributed by atoms with van der Waals surface area (Å²) >= 11 is 0. The minimum atomic E-state index is -0.746. The van der Waals surface area contributed by atoms with Gasteiger partial charge in [0.2, 0.25) is 5.91 Å². The second-order valence-corrected chi connectivity index (χ2v) is 6.33. The van der Waals surface area contributed by atoms with Crippen LogP contribution in [0.3, 0.4) is 0 Å². The van der Waals surface area contributed by atoms with E-state index < -0.39 is 11.6 Å². The fourth-order valence-electron chi connectivity index (χ4n) is 2.66. The van der Waals surface area contributed by atoms with E-state index >= 15 is 0 Å². The molecule has 2 atom stereocenters. The highest BCUT2D eigenvalue weighted by Crippen LogP contribution is 2.21. The molecule has 0 aromatic heterocycles. The van der Waals surface area contributed by atoms with E-state index in [4.69, 9.17) is 4.74 Å². The SMILES string of the molecule is CC(C)Oc1cccc(C(O)CNC(=O)C2(C)CCCN2)c1.Cl. The van der Waals surface area contributed by atoms with Gasteiger partial charge in [0.25, 0.3) is 0 Å². The van der Waals surface area contributed by atoms with Crippen LogP contribution in [-0.2, 0) is 4.79 Å². The van der Waals surface area contributed by atoms with Gasteiger partial charge in [0.1, 0.15) is 5.75 Å². The molecule has 1 amide bonds. The highest BCUT2D eigenvalue weighted by atomic mass is 35.5. The zero-order valence-corrected chi connectivity index (χ0v) is 14.8. The maximum atomic E-state index is 12.2. The summed E-state index contributed by atoms with van der Waals surface area (Å²) in [5, 5.41) is 16.3. The Kier molecular flexibility index (Phi) is 7.32. The first-order valence-electron chi connectivity index (χ1n) is 7.89. The quantitative estimate of drug-likeness (QED) is 0.741. The second-order valence-electron chi connectivity index (χ2n) is 6.33. The van der Waals surface area contributed by atoms with E-state index in [1.54, 1.807) is 0 Å². The molecular formula is C17H27ClN2O3. The fourth-order valence-corrected chi connectivity index (χ4v) is 2.66. The lowest BCUT2D eigenvalue weighted by atomic mass is 9.99. The van der Waals surface area contributed by atoms with Crippen molar-refractivity contribution in [2.45, 2.75) is 51.4 Å². The first kappa shape index (κ1) is 19.7. The van der Waals surface area contributed by atoms with Crippen molar-refractivity contribution in [2.75, 3.05) is 13.1 Å². The Morgan fingerprint density at radius 3 is 2.83 bits per heavy atom. The molecule has 0 bridgehead atoms. The average molecular weight is 343 g/mol. The van der Waals surface area contributed by atoms with Crippen molar-refractivity contribution in [3.05, 3.63) is 29.8 Å². The van der Waals surface area contributed by atoms with Crippen LogP contribution in [0, 0.1) is 0 Å². The van der Waals surface area contributed by atoms with Crippen molar-refractivity contribution in [3.63, 3.8) is 0 Å². The van der Waals surface area contributed by atoms with Crippen LogP contribution in [0.2, 0.25) is 0 Å². The molecule has 1 heterocycles. The van der Waals surface area contributed by atoms with Gasteiger partial charge in [-0.05, 0) is 57.9 Å². The molecule has 1 aromatic carbocycles. The fraction of sp³-hybridized carbons (Fsp3) is 0.588. The zero-order chi connectivity index (χ0) is 16.2. The molecule has 0 saturated carbocycles. The lowest BCUT2D eigenvalue weighted by Crippen LogP contribution is -2.51. The topological polar surface area (TPSA) is 70.6 Å². The number of hydrogen-bond donors (Lipinski definition) is 3. The molecule has 0 radical (unpaired) electrons. The number of halogens is 1. The van der Waals surface area contributed by atoms with Crippen LogP contribution >= 0.6 is 12.4 Å². The van der Waals surface area contributed by atoms with Gasteiger partial charge in [0.15, 0.2) is 0 Å². The summed E-state index contributed by atoms with van der Waals surface area (Å²) in [6, 6.07) is 7.35. The number of carbonyl (C=O) groups is 1. The maximum absolute atomic E-state index is 12.2. The molecule has 3 N–H and O–H groups in total. The number of carbonyl (C=O) groups excluding carboxylic acids is 1. The van der Waals surface area contributed by atoms with Crippen LogP contribution in [0.5, 0.6) is 5.75 Å². The number of nitrogens with one attached hydrogen (secondary N) is 2. The van der Waals surface area contributed by atoms with Crippen molar-refractivity contribution < 1.29 is 14.6 Å². The molecule has 2 rings (SSSR count). The van der Waals surface area contributed by atoms with E-state index in [2.05, 4.69) is 10.6 Å². The first-order valence-corrected chi connectivity index (χ1v) is 7.89. The van der Waals surface area contributed by atoms with Gasteiger partial charge in [-0.2, -0.15) is 0 Å². The number of aliphatic hydroxyl groups excluding tert-OH is 1. The first-order chi connectivity index (χ1) is 10.4. The number of aliphatic hydroxyl groups is 1. The van der Waals surface area contributed by atoms with E-state index in [1.807, 2.05) is 45.0 Å². The minimum Gasteiger partial charge on any atom is -0.491 e. The van der Waals surface area contributed by atoms with Crippen LogP contribution in [0.4, 0.5) is 0 Å². The van der Waals surface area contributed by atoms with Gasteiger partial charge in [-0.15, -0.1) is 12.4 Å². The van der Waals surface area contributed by atoms with E-state index in [9.17, 15) is 9.90 Å². The lowest BCUT2D eigenvalue weighted by molar-refractivity contribution is -0.127. The molecule has 1 fully saturated rings. The summed E-state index contributed by atoms with van der Waals surface area (Å²) < 4.78 is 5.62. The van der Waals surface area contributed by atoms with E-state index in [0.717, 1.165) is 30.7 Å². The summed E-state index contributed by atoms with van der Waals surface area (Å²) in [5.74, 6) is 0.668. The van der Waals surface area contributed by atoms with Gasteiger partial charge >= 0.3 is 0 Å². The van der Waals surface area contributed by atoms with Gasteiger partial charge < -0.3 is 20.5 Å². The monoisotopic (exact) mass is 342 g/mol. The van der Waals surface area contributed by atoms with Crippen LogP contribution < -0.4 is 15.4 Å². The number of amides is 1. The third-order valence-electron chi connectivity index (χ3n) is 3.94. The molecule has 1 saturated heterocycles. The lowest BCUT2D eigenvalue weighted by Gasteiger charge is -2.24. The number of benzene rings is 1. The third-order valence-corrected chi connectivity index (χ3v) is 3.94. The third kappa shape index (κ3) is 5.37. The smallest absolute Gasteiger partial charge is 0.240 e. The van der Waals surface area contributed by atoms with Crippen molar-refractivity contribution in [1.29, 1.82) is 0 Å². The Bertz CT molecular complexity index is 516. The number of hydrogen-bond acceptors (Lipinski definition) is 4. The molecule has 130 valence electrons. The van der Waals surface area contributed by atoms with E-state index in [-0.39, 0.29) is 31.0 Å². The van der Waals surface area contributed by atoms with Gasteiger partial charge in [0.05, 0.1) is 17.7 Å². The minimum absolute atomic E-state index is 0. The molecular weight excluding hydrogens is 316 g/mol. The Morgan fingerprint density at radius 1 is 1.48 bits per heavy atom. The molecule has 23 heavy (non-hydrogen) atoms. The predicted octanol–water partition coefficient (Wildman–Crippen LogP) is 2.19. The van der Waals surface area contributed by atoms with Crippen LogP contribution in [0.25, 0.3) is 0 Å². The summed E-state index contributed by atoms with van der Waals surface area (Å²) in [6.07, 6.45) is 1.17. The summed E-state index contributed by atoms with van der Waals surface area (Å²) in [5.41, 5.74) is 0.227. The van der Waals surface area contributed by atoms with Gasteiger partial charge in [-0.25, -0.2) is 0 Å². The van der Waals surface area contributed by atoms with Crippen LogP contribution in [0.1, 0.15) is 45.3 Å².